The van der Waals surface area contributed by atoms with Crippen molar-refractivity contribution in [2.24, 2.45) is 11.6 Å². The Balaban J connectivity index is 2.19. The van der Waals surface area contributed by atoms with Crippen LogP contribution in [-0.4, -0.2) is 41.9 Å². The average molecular weight is 409 g/mol. The van der Waals surface area contributed by atoms with Crippen LogP contribution in [0.15, 0.2) is 9.82 Å². The molecule has 0 saturated carbocycles. The Labute approximate surface area is 163 Å². The van der Waals surface area contributed by atoms with Gasteiger partial charge in [-0.05, 0) is 13.3 Å². The lowest BCUT2D eigenvalue weighted by molar-refractivity contribution is 0.0689. The largest absolute Gasteiger partial charge is 0.492 e. The van der Waals surface area contributed by atoms with Crippen molar-refractivity contribution in [1.82, 2.24) is 4.57 Å². The Hall–Kier alpha value is -2.50. The number of hydrogen-bond acceptors (Lipinski definition) is 8. The summed E-state index contributed by atoms with van der Waals surface area (Å²) in [6, 6.07) is -0.108. The highest BCUT2D eigenvalue weighted by Crippen LogP contribution is 2.52. The number of anilines is 2. The Morgan fingerprint density at radius 3 is 2.68 bits per heavy atom. The molecule has 9 nitrogen and oxygen atoms in total. The predicted octanol–water partition coefficient (Wildman–Crippen LogP) is 1.29. The molecule has 0 aliphatic carbocycles. The topological polar surface area (TPSA) is 136 Å². The Morgan fingerprint density at radius 1 is 1.46 bits per heavy atom. The van der Waals surface area contributed by atoms with Gasteiger partial charge < -0.3 is 30.5 Å². The number of thioether (sulfide) groups is 1. The van der Waals surface area contributed by atoms with Crippen molar-refractivity contribution < 1.29 is 19.0 Å². The number of hydrogen-bond donors (Lipinski definition) is 4. The van der Waals surface area contributed by atoms with Crippen molar-refractivity contribution in [2.75, 3.05) is 30.5 Å². The van der Waals surface area contributed by atoms with E-state index in [2.05, 4.69) is 5.43 Å². The molecule has 11 heteroatoms. The van der Waals surface area contributed by atoms with Crippen molar-refractivity contribution in [3.05, 3.63) is 21.6 Å². The number of nitrogens with one attached hydrogen (secondary N) is 1. The molecule has 0 amide bonds. The number of carboxylic acids is 1. The lowest BCUT2D eigenvalue weighted by Gasteiger charge is -2.35. The number of nitrogens with two attached hydrogens (primary N) is 2. The molecular weight excluding hydrogens is 389 g/mol. The van der Waals surface area contributed by atoms with Gasteiger partial charge >= 0.3 is 5.97 Å². The zero-order chi connectivity index (χ0) is 20.3. The van der Waals surface area contributed by atoms with Crippen molar-refractivity contribution in [3.63, 3.8) is 0 Å². The van der Waals surface area contributed by atoms with Crippen LogP contribution < -0.4 is 32.1 Å². The number of carboxylic acid groups (broad SMARTS) is 1. The minimum absolute atomic E-state index is 0.108. The lowest BCUT2D eigenvalue weighted by atomic mass is 10.1. The predicted molar refractivity (Wildman–Crippen MR) is 105 cm³/mol. The number of ether oxygens (including phenoxy) is 1. The number of pyridine rings is 1. The van der Waals surface area contributed by atoms with E-state index >= 15 is 4.39 Å². The molecule has 6 N–H and O–H groups in total. The first-order valence-electron chi connectivity index (χ1n) is 8.70. The van der Waals surface area contributed by atoms with Crippen LogP contribution in [0.2, 0.25) is 0 Å². The minimum Gasteiger partial charge on any atom is -0.492 e. The standard InChI is InChI=1S/C17H20FN5O4S/c1-6-23-12-8(14(24)9(17(25)26)16(23)28-6)11(21-20)10(18)13(15(12)27-2)22-4-3-7(19)5-22/h6-7,21H,3-5,19-20H2,1-2H3,(H,25,26). The van der Waals surface area contributed by atoms with Gasteiger partial charge in [0.05, 0.1) is 22.9 Å². The smallest absolute Gasteiger partial charge is 0.342 e. The molecule has 150 valence electrons. The first kappa shape index (κ1) is 18.8. The Bertz CT molecular complexity index is 1070. The van der Waals surface area contributed by atoms with E-state index in [4.69, 9.17) is 16.3 Å². The SMILES string of the molecule is COc1c(N2CCC(N)C2)c(F)c(NN)c2c(=O)c(C(=O)O)c3n(c12)C(C)S3. The zero-order valence-electron chi connectivity index (χ0n) is 15.3. The van der Waals surface area contributed by atoms with Crippen LogP contribution in [0.5, 0.6) is 5.75 Å². The van der Waals surface area contributed by atoms with Gasteiger partial charge in [0.1, 0.15) is 22.5 Å². The van der Waals surface area contributed by atoms with Gasteiger partial charge in [0.25, 0.3) is 0 Å². The zero-order valence-corrected chi connectivity index (χ0v) is 16.1. The maximum absolute atomic E-state index is 15.5. The van der Waals surface area contributed by atoms with Crippen molar-refractivity contribution in [3.8, 4) is 5.75 Å². The van der Waals surface area contributed by atoms with E-state index in [-0.39, 0.29) is 33.9 Å². The Kier molecular flexibility index (Phi) is 4.40. The molecule has 2 aliphatic rings. The fourth-order valence-electron chi connectivity index (χ4n) is 3.98. The van der Waals surface area contributed by atoms with Crippen molar-refractivity contribution >= 4 is 40.0 Å². The normalized spacial score (nSPS) is 20.8. The first-order valence-corrected chi connectivity index (χ1v) is 9.58. The quantitative estimate of drug-likeness (QED) is 0.435. The molecule has 2 aromatic rings. The van der Waals surface area contributed by atoms with Crippen LogP contribution in [0.3, 0.4) is 0 Å². The van der Waals surface area contributed by atoms with Crippen molar-refractivity contribution in [1.29, 1.82) is 0 Å². The summed E-state index contributed by atoms with van der Waals surface area (Å²) in [4.78, 5) is 26.5. The second kappa shape index (κ2) is 6.54. The van der Waals surface area contributed by atoms with E-state index < -0.39 is 22.8 Å². The van der Waals surface area contributed by atoms with Gasteiger partial charge in [-0.15, -0.1) is 0 Å². The lowest BCUT2D eigenvalue weighted by Crippen LogP contribution is -2.31. The molecule has 1 fully saturated rings. The molecular formula is C17H20FN5O4S. The third kappa shape index (κ3) is 2.39. The van der Waals surface area contributed by atoms with Gasteiger partial charge in [-0.1, -0.05) is 11.8 Å². The number of fused-ring (bicyclic) bond motifs is 3. The number of carbonyl (C=O) groups is 1. The highest BCUT2D eigenvalue weighted by Gasteiger charge is 2.38. The molecule has 2 unspecified atom stereocenters. The summed E-state index contributed by atoms with van der Waals surface area (Å²) in [7, 11) is 1.39. The third-order valence-electron chi connectivity index (χ3n) is 5.22. The van der Waals surface area contributed by atoms with Gasteiger partial charge in [0.2, 0.25) is 5.43 Å². The number of aromatic carboxylic acids is 1. The fraction of sp³-hybridized carbons (Fsp3) is 0.412. The van der Waals surface area contributed by atoms with Crippen molar-refractivity contribution in [2.45, 2.75) is 29.8 Å². The van der Waals surface area contributed by atoms with E-state index in [1.807, 2.05) is 6.92 Å². The summed E-state index contributed by atoms with van der Waals surface area (Å²) in [5, 5.41) is 9.56. The summed E-state index contributed by atoms with van der Waals surface area (Å²) in [6.07, 6.45) is 0.689. The van der Waals surface area contributed by atoms with Gasteiger partial charge in [-0.25, -0.2) is 9.18 Å². The van der Waals surface area contributed by atoms with E-state index in [1.54, 1.807) is 9.47 Å². The number of aromatic nitrogens is 1. The maximum atomic E-state index is 15.5. The highest BCUT2D eigenvalue weighted by atomic mass is 32.2. The molecule has 2 aliphatic heterocycles. The van der Waals surface area contributed by atoms with E-state index in [0.717, 1.165) is 0 Å². The number of nitrogens with zero attached hydrogens (tertiary/aromatic N) is 2. The number of halogens is 1. The van der Waals surface area contributed by atoms with Crippen LogP contribution in [0.4, 0.5) is 15.8 Å². The molecule has 0 bridgehead atoms. The summed E-state index contributed by atoms with van der Waals surface area (Å²) in [5.74, 6) is 3.60. The van der Waals surface area contributed by atoms with Gasteiger partial charge in [-0.3, -0.25) is 10.6 Å². The van der Waals surface area contributed by atoms with Crippen LogP contribution in [0.25, 0.3) is 10.9 Å². The second-order valence-electron chi connectivity index (χ2n) is 6.84. The summed E-state index contributed by atoms with van der Waals surface area (Å²) in [5.41, 5.74) is 7.27. The molecule has 2 atom stereocenters. The number of rotatable bonds is 4. The van der Waals surface area contributed by atoms with Crippen LogP contribution >= 0.6 is 11.8 Å². The van der Waals surface area contributed by atoms with E-state index in [0.29, 0.717) is 30.1 Å². The number of hydrazine groups is 1. The molecule has 3 heterocycles. The van der Waals surface area contributed by atoms with Crippen LogP contribution in [0, 0.1) is 5.82 Å². The van der Waals surface area contributed by atoms with Gasteiger partial charge in [-0.2, -0.15) is 0 Å². The molecule has 0 radical (unpaired) electrons. The van der Waals surface area contributed by atoms with Gasteiger partial charge in [0, 0.05) is 19.1 Å². The Morgan fingerprint density at radius 2 is 2.18 bits per heavy atom. The van der Waals surface area contributed by atoms with E-state index in [1.165, 1.54) is 18.9 Å². The number of methoxy groups -OCH3 is 1. The first-order chi connectivity index (χ1) is 13.3. The number of nitrogen functional groups attached to an aromatic ring is 1. The average Bonchev–Trinajstić information content (AvgIpc) is 3.06. The summed E-state index contributed by atoms with van der Waals surface area (Å²) >= 11 is 1.26. The monoisotopic (exact) mass is 409 g/mol. The fourth-order valence-corrected chi connectivity index (χ4v) is 5.12. The minimum atomic E-state index is -1.37. The molecule has 1 aromatic heterocycles. The summed E-state index contributed by atoms with van der Waals surface area (Å²) in [6.45, 7) is 2.81. The van der Waals surface area contributed by atoms with Crippen LogP contribution in [0.1, 0.15) is 29.1 Å². The molecule has 1 saturated heterocycles. The highest BCUT2D eigenvalue weighted by molar-refractivity contribution is 8.00. The third-order valence-corrected chi connectivity index (χ3v) is 6.40. The van der Waals surface area contributed by atoms with Crippen LogP contribution in [-0.2, 0) is 0 Å². The number of benzene rings is 1. The van der Waals surface area contributed by atoms with E-state index in [9.17, 15) is 14.7 Å². The molecule has 0 spiro atoms. The summed E-state index contributed by atoms with van der Waals surface area (Å²) < 4.78 is 22.7. The molecule has 4 rings (SSSR count). The van der Waals surface area contributed by atoms with Gasteiger partial charge in [0.15, 0.2) is 11.6 Å². The second-order valence-corrected chi connectivity index (χ2v) is 8.14. The molecule has 28 heavy (non-hydrogen) atoms. The maximum Gasteiger partial charge on any atom is 0.342 e. The molecule has 1 aromatic carbocycles.